The maximum atomic E-state index is 13.6. The second-order valence-electron chi connectivity index (χ2n) is 7.68. The molecular formula is C27H27NO3. The summed E-state index contributed by atoms with van der Waals surface area (Å²) in [5.74, 6) is 1.38. The molecule has 2 atom stereocenters. The zero-order chi connectivity index (χ0) is 21.6. The second kappa shape index (κ2) is 9.52. The van der Waals surface area contributed by atoms with Gasteiger partial charge >= 0.3 is 0 Å². The fourth-order valence-corrected chi connectivity index (χ4v) is 4.08. The maximum Gasteiger partial charge on any atom is 0.230 e. The summed E-state index contributed by atoms with van der Waals surface area (Å²) in [5, 5.41) is 0. The van der Waals surface area contributed by atoms with Gasteiger partial charge in [0.15, 0.2) is 0 Å². The number of amides is 1. The third-order valence-electron chi connectivity index (χ3n) is 5.74. The van der Waals surface area contributed by atoms with Gasteiger partial charge in [-0.2, -0.15) is 0 Å². The molecule has 0 fully saturated rings. The van der Waals surface area contributed by atoms with Crippen molar-refractivity contribution in [3.05, 3.63) is 108 Å². The summed E-state index contributed by atoms with van der Waals surface area (Å²) >= 11 is 0. The van der Waals surface area contributed by atoms with Crippen molar-refractivity contribution in [2.75, 3.05) is 14.2 Å². The van der Waals surface area contributed by atoms with Crippen molar-refractivity contribution in [1.29, 1.82) is 0 Å². The third-order valence-corrected chi connectivity index (χ3v) is 5.74. The Morgan fingerprint density at radius 2 is 1.55 bits per heavy atom. The topological polar surface area (TPSA) is 38.8 Å². The van der Waals surface area contributed by atoms with Gasteiger partial charge in [-0.05, 0) is 29.7 Å². The normalized spacial score (nSPS) is 18.1. The first-order valence-electron chi connectivity index (χ1n) is 10.5. The molecule has 0 saturated carbocycles. The molecule has 0 saturated heterocycles. The zero-order valence-electron chi connectivity index (χ0n) is 17.9. The molecular weight excluding hydrogens is 386 g/mol. The average molecular weight is 414 g/mol. The largest absolute Gasteiger partial charge is 0.497 e. The van der Waals surface area contributed by atoms with Crippen LogP contribution in [-0.2, 0) is 17.8 Å². The smallest absolute Gasteiger partial charge is 0.230 e. The van der Waals surface area contributed by atoms with Crippen molar-refractivity contribution in [2.24, 2.45) is 5.92 Å². The Kier molecular flexibility index (Phi) is 6.37. The number of rotatable bonds is 7. The van der Waals surface area contributed by atoms with Crippen molar-refractivity contribution in [1.82, 2.24) is 4.90 Å². The van der Waals surface area contributed by atoms with Gasteiger partial charge < -0.3 is 14.4 Å². The molecule has 0 bridgehead atoms. The molecule has 0 unspecified atom stereocenters. The van der Waals surface area contributed by atoms with Crippen LogP contribution in [0.5, 0.6) is 11.5 Å². The van der Waals surface area contributed by atoms with E-state index in [0.29, 0.717) is 18.7 Å². The molecule has 1 aliphatic heterocycles. The number of ether oxygens (including phenoxy) is 2. The Morgan fingerprint density at radius 3 is 2.23 bits per heavy atom. The van der Waals surface area contributed by atoms with Gasteiger partial charge in [0, 0.05) is 11.6 Å². The van der Waals surface area contributed by atoms with E-state index in [4.69, 9.17) is 9.47 Å². The van der Waals surface area contributed by atoms with E-state index in [-0.39, 0.29) is 17.9 Å². The fraction of sp³-hybridized carbons (Fsp3) is 0.222. The summed E-state index contributed by atoms with van der Waals surface area (Å²) < 4.78 is 10.9. The lowest BCUT2D eigenvalue weighted by molar-refractivity contribution is -0.137. The Hall–Kier alpha value is -3.53. The highest BCUT2D eigenvalue weighted by atomic mass is 16.5. The van der Waals surface area contributed by atoms with Gasteiger partial charge in [0.25, 0.3) is 0 Å². The van der Waals surface area contributed by atoms with Crippen LogP contribution in [0.3, 0.4) is 0 Å². The summed E-state index contributed by atoms with van der Waals surface area (Å²) in [6.45, 7) is 0.460. The molecule has 0 N–H and O–H groups in total. The Balaban J connectivity index is 1.67. The second-order valence-corrected chi connectivity index (χ2v) is 7.68. The zero-order valence-corrected chi connectivity index (χ0v) is 17.9. The molecule has 4 nitrogen and oxygen atoms in total. The van der Waals surface area contributed by atoms with Crippen molar-refractivity contribution in [3.63, 3.8) is 0 Å². The highest BCUT2D eigenvalue weighted by molar-refractivity contribution is 5.83. The molecule has 1 amide bonds. The molecule has 4 rings (SSSR count). The van der Waals surface area contributed by atoms with Crippen LogP contribution >= 0.6 is 0 Å². The predicted octanol–water partition coefficient (Wildman–Crippen LogP) is 5.20. The third kappa shape index (κ3) is 4.64. The number of benzene rings is 3. The minimum absolute atomic E-state index is 0.118. The lowest BCUT2D eigenvalue weighted by atomic mass is 9.90. The number of carbonyl (C=O) groups is 1. The molecule has 0 radical (unpaired) electrons. The number of methoxy groups -OCH3 is 2. The summed E-state index contributed by atoms with van der Waals surface area (Å²) in [6.07, 6.45) is 4.91. The SMILES string of the molecule is COc1ccc(CN2C(=O)[C@H](Cc3ccccc3)C=C[C@@H]2c2ccccc2)c(OC)c1. The van der Waals surface area contributed by atoms with E-state index in [2.05, 4.69) is 36.4 Å². The van der Waals surface area contributed by atoms with Crippen LogP contribution in [0.15, 0.2) is 91.0 Å². The number of hydrogen-bond acceptors (Lipinski definition) is 3. The van der Waals surface area contributed by atoms with E-state index in [0.717, 1.165) is 22.4 Å². The number of hydrogen-bond donors (Lipinski definition) is 0. The highest BCUT2D eigenvalue weighted by Crippen LogP contribution is 2.34. The number of nitrogens with zero attached hydrogens (tertiary/aromatic N) is 1. The van der Waals surface area contributed by atoms with Crippen LogP contribution in [0.4, 0.5) is 0 Å². The van der Waals surface area contributed by atoms with E-state index in [9.17, 15) is 4.79 Å². The average Bonchev–Trinajstić information content (AvgIpc) is 2.83. The molecule has 1 heterocycles. The summed E-state index contributed by atoms with van der Waals surface area (Å²) in [7, 11) is 3.27. The molecule has 4 heteroatoms. The van der Waals surface area contributed by atoms with Crippen molar-refractivity contribution in [3.8, 4) is 11.5 Å². The van der Waals surface area contributed by atoms with E-state index < -0.39 is 0 Å². The van der Waals surface area contributed by atoms with Crippen molar-refractivity contribution in [2.45, 2.75) is 19.0 Å². The van der Waals surface area contributed by atoms with Gasteiger partial charge in [0.1, 0.15) is 11.5 Å². The molecule has 3 aromatic carbocycles. The minimum atomic E-state index is -0.188. The van der Waals surface area contributed by atoms with Crippen LogP contribution in [0.1, 0.15) is 22.7 Å². The number of carbonyl (C=O) groups excluding carboxylic acids is 1. The molecule has 158 valence electrons. The molecule has 0 aromatic heterocycles. The van der Waals surface area contributed by atoms with E-state index in [1.807, 2.05) is 59.5 Å². The summed E-state index contributed by atoms with van der Waals surface area (Å²) in [6, 6.07) is 25.9. The molecule has 3 aromatic rings. The monoisotopic (exact) mass is 413 g/mol. The maximum absolute atomic E-state index is 13.6. The Morgan fingerprint density at radius 1 is 0.839 bits per heavy atom. The fourth-order valence-electron chi connectivity index (χ4n) is 4.08. The lowest BCUT2D eigenvalue weighted by Crippen LogP contribution is -2.41. The molecule has 0 spiro atoms. The summed E-state index contributed by atoms with van der Waals surface area (Å²) in [4.78, 5) is 15.6. The van der Waals surface area contributed by atoms with Crippen molar-refractivity contribution >= 4 is 5.91 Å². The Labute approximate surface area is 183 Å². The van der Waals surface area contributed by atoms with Gasteiger partial charge in [-0.15, -0.1) is 0 Å². The molecule has 1 aliphatic rings. The predicted molar refractivity (Wildman–Crippen MR) is 122 cm³/mol. The summed E-state index contributed by atoms with van der Waals surface area (Å²) in [5.41, 5.74) is 3.20. The standard InChI is InChI=1S/C27H27NO3/c1-30-24-15-13-23(26(18-24)31-2)19-28-25(21-11-7-4-8-12-21)16-14-22(27(28)29)17-20-9-5-3-6-10-20/h3-16,18,22,25H,17,19H2,1-2H3/t22-,25+/m0/s1. The van der Waals surface area contributed by atoms with Crippen LogP contribution in [0, 0.1) is 5.92 Å². The van der Waals surface area contributed by atoms with Crippen LogP contribution in [-0.4, -0.2) is 25.0 Å². The van der Waals surface area contributed by atoms with Crippen LogP contribution in [0.25, 0.3) is 0 Å². The minimum Gasteiger partial charge on any atom is -0.497 e. The first kappa shape index (κ1) is 20.7. The molecule has 31 heavy (non-hydrogen) atoms. The van der Waals surface area contributed by atoms with Gasteiger partial charge in [-0.1, -0.05) is 72.8 Å². The Bertz CT molecular complexity index is 1050. The van der Waals surface area contributed by atoms with Gasteiger partial charge in [0.05, 0.1) is 32.7 Å². The van der Waals surface area contributed by atoms with Gasteiger partial charge in [0.2, 0.25) is 5.91 Å². The molecule has 0 aliphatic carbocycles. The quantitative estimate of drug-likeness (QED) is 0.500. The first-order valence-corrected chi connectivity index (χ1v) is 10.5. The first-order chi connectivity index (χ1) is 15.2. The van der Waals surface area contributed by atoms with Crippen molar-refractivity contribution < 1.29 is 14.3 Å². The lowest BCUT2D eigenvalue weighted by Gasteiger charge is -2.36. The van der Waals surface area contributed by atoms with E-state index >= 15 is 0 Å². The van der Waals surface area contributed by atoms with Gasteiger partial charge in [-0.3, -0.25) is 4.79 Å². The van der Waals surface area contributed by atoms with E-state index in [1.165, 1.54) is 0 Å². The van der Waals surface area contributed by atoms with Crippen LogP contribution < -0.4 is 9.47 Å². The highest BCUT2D eigenvalue weighted by Gasteiger charge is 2.33. The van der Waals surface area contributed by atoms with Gasteiger partial charge in [-0.25, -0.2) is 0 Å². The van der Waals surface area contributed by atoms with Crippen LogP contribution in [0.2, 0.25) is 0 Å². The van der Waals surface area contributed by atoms with E-state index in [1.54, 1.807) is 14.2 Å².